The van der Waals surface area contributed by atoms with Gasteiger partial charge in [-0.15, -0.1) is 0 Å². The average molecular weight is 259 g/mol. The second kappa shape index (κ2) is 5.76. The smallest absolute Gasteiger partial charge is 0.134 e. The summed E-state index contributed by atoms with van der Waals surface area (Å²) in [6.07, 6.45) is 4.46. The Kier molecular flexibility index (Phi) is 3.85. The van der Waals surface area contributed by atoms with Crippen LogP contribution >= 0.6 is 0 Å². The molecule has 2 aromatic rings. The number of hydrogen-bond donors (Lipinski definition) is 0. The van der Waals surface area contributed by atoms with Crippen molar-refractivity contribution in [3.8, 4) is 0 Å². The fourth-order valence-corrected chi connectivity index (χ4v) is 3.06. The number of para-hydroxylation sites is 1. The van der Waals surface area contributed by atoms with Gasteiger partial charge >= 0.3 is 0 Å². The lowest BCUT2D eigenvalue weighted by Crippen LogP contribution is -2.36. The van der Waals surface area contributed by atoms with Gasteiger partial charge in [0.05, 0.1) is 12.9 Å². The van der Waals surface area contributed by atoms with Crippen molar-refractivity contribution < 1.29 is 9.15 Å². The highest BCUT2D eigenvalue weighted by Gasteiger charge is 2.20. The first-order valence-electron chi connectivity index (χ1n) is 7.03. The van der Waals surface area contributed by atoms with Crippen LogP contribution in [0.1, 0.15) is 18.4 Å². The molecular formula is C16H21NO2. The van der Waals surface area contributed by atoms with Gasteiger partial charge in [0, 0.05) is 31.1 Å². The lowest BCUT2D eigenvalue weighted by atomic mass is 9.98. The average Bonchev–Trinajstić information content (AvgIpc) is 2.83. The molecule has 1 atom stereocenters. The highest BCUT2D eigenvalue weighted by Crippen LogP contribution is 2.24. The largest absolute Gasteiger partial charge is 0.464 e. The van der Waals surface area contributed by atoms with Crippen LogP contribution in [0, 0.1) is 5.92 Å². The molecule has 1 aromatic heterocycles. The number of fused-ring (bicyclic) bond motifs is 1. The number of rotatable bonds is 4. The summed E-state index contributed by atoms with van der Waals surface area (Å²) < 4.78 is 10.9. The van der Waals surface area contributed by atoms with Crippen molar-refractivity contribution in [3.05, 3.63) is 36.1 Å². The van der Waals surface area contributed by atoms with Crippen LogP contribution in [0.3, 0.4) is 0 Å². The Bertz CT molecular complexity index is 532. The number of benzene rings is 1. The predicted molar refractivity (Wildman–Crippen MR) is 76.1 cm³/mol. The van der Waals surface area contributed by atoms with Crippen LogP contribution in [0.25, 0.3) is 11.0 Å². The van der Waals surface area contributed by atoms with Gasteiger partial charge in [0.15, 0.2) is 0 Å². The Morgan fingerprint density at radius 2 is 2.26 bits per heavy atom. The van der Waals surface area contributed by atoms with E-state index in [-0.39, 0.29) is 0 Å². The molecule has 3 nitrogen and oxygen atoms in total. The summed E-state index contributed by atoms with van der Waals surface area (Å²) in [5.41, 5.74) is 2.29. The molecule has 0 unspecified atom stereocenters. The van der Waals surface area contributed by atoms with Gasteiger partial charge in [0.1, 0.15) is 5.58 Å². The highest BCUT2D eigenvalue weighted by molar-refractivity contribution is 5.80. The van der Waals surface area contributed by atoms with Crippen LogP contribution in [-0.4, -0.2) is 31.7 Å². The van der Waals surface area contributed by atoms with Gasteiger partial charge in [0.2, 0.25) is 0 Å². The maximum atomic E-state index is 5.61. The minimum atomic E-state index is 0.678. The van der Waals surface area contributed by atoms with Crippen LogP contribution in [0.5, 0.6) is 0 Å². The second-order valence-corrected chi connectivity index (χ2v) is 5.46. The summed E-state index contributed by atoms with van der Waals surface area (Å²) in [6.45, 7) is 4.17. The lowest BCUT2D eigenvalue weighted by molar-refractivity contribution is 0.0874. The summed E-state index contributed by atoms with van der Waals surface area (Å²) in [7, 11) is 1.79. The molecule has 3 heteroatoms. The van der Waals surface area contributed by atoms with E-state index >= 15 is 0 Å². The summed E-state index contributed by atoms with van der Waals surface area (Å²) in [5, 5.41) is 1.25. The molecule has 0 bridgehead atoms. The maximum Gasteiger partial charge on any atom is 0.134 e. The van der Waals surface area contributed by atoms with Crippen molar-refractivity contribution in [2.24, 2.45) is 5.92 Å². The van der Waals surface area contributed by atoms with Crippen molar-refractivity contribution in [1.82, 2.24) is 4.90 Å². The molecule has 0 saturated carbocycles. The number of methoxy groups -OCH3 is 1. The summed E-state index contributed by atoms with van der Waals surface area (Å²) in [5.74, 6) is 0.678. The van der Waals surface area contributed by atoms with E-state index in [2.05, 4.69) is 17.0 Å². The van der Waals surface area contributed by atoms with Crippen LogP contribution in [-0.2, 0) is 11.3 Å². The minimum absolute atomic E-state index is 0.678. The second-order valence-electron chi connectivity index (χ2n) is 5.46. The molecule has 2 heterocycles. The number of likely N-dealkylation sites (tertiary alicyclic amines) is 1. The minimum Gasteiger partial charge on any atom is -0.464 e. The van der Waals surface area contributed by atoms with Gasteiger partial charge in [-0.1, -0.05) is 18.2 Å². The molecule has 0 aliphatic carbocycles. The summed E-state index contributed by atoms with van der Waals surface area (Å²) >= 11 is 0. The molecule has 1 aliphatic heterocycles. The molecule has 1 fully saturated rings. The zero-order chi connectivity index (χ0) is 13.1. The Hall–Kier alpha value is -1.32. The van der Waals surface area contributed by atoms with Crippen LogP contribution in [0.2, 0.25) is 0 Å². The number of hydrogen-bond acceptors (Lipinski definition) is 3. The van der Waals surface area contributed by atoms with Gasteiger partial charge in [-0.25, -0.2) is 0 Å². The van der Waals surface area contributed by atoms with E-state index < -0.39 is 0 Å². The number of nitrogens with zero attached hydrogens (tertiary/aromatic N) is 1. The zero-order valence-corrected chi connectivity index (χ0v) is 11.5. The van der Waals surface area contributed by atoms with Crippen LogP contribution in [0.4, 0.5) is 0 Å². The molecule has 102 valence electrons. The standard InChI is InChI=1S/C16H21NO2/c1-18-11-13-5-4-8-17(9-13)10-14-12-19-16-7-3-2-6-15(14)16/h2-3,6-7,12-13H,4-5,8-11H2,1H3/t13-/m0/s1. The van der Waals surface area contributed by atoms with E-state index in [9.17, 15) is 0 Å². The quantitative estimate of drug-likeness (QED) is 0.842. The van der Waals surface area contributed by atoms with E-state index in [1.807, 2.05) is 18.4 Å². The molecule has 1 aromatic carbocycles. The monoisotopic (exact) mass is 259 g/mol. The third kappa shape index (κ3) is 2.82. The first-order chi connectivity index (χ1) is 9.36. The molecule has 19 heavy (non-hydrogen) atoms. The van der Waals surface area contributed by atoms with E-state index in [0.717, 1.165) is 25.3 Å². The van der Waals surface area contributed by atoms with Gasteiger partial charge in [-0.2, -0.15) is 0 Å². The predicted octanol–water partition coefficient (Wildman–Crippen LogP) is 3.29. The Labute approximate surface area is 114 Å². The van der Waals surface area contributed by atoms with Gasteiger partial charge < -0.3 is 9.15 Å². The van der Waals surface area contributed by atoms with Gasteiger partial charge in [-0.3, -0.25) is 4.90 Å². The molecule has 1 aliphatic rings. The zero-order valence-electron chi connectivity index (χ0n) is 11.5. The van der Waals surface area contributed by atoms with E-state index in [1.165, 1.54) is 30.3 Å². The normalized spacial score (nSPS) is 21.0. The fourth-order valence-electron chi connectivity index (χ4n) is 3.06. The lowest BCUT2D eigenvalue weighted by Gasteiger charge is -2.32. The van der Waals surface area contributed by atoms with Crippen molar-refractivity contribution in [1.29, 1.82) is 0 Å². The fraction of sp³-hybridized carbons (Fsp3) is 0.500. The van der Waals surface area contributed by atoms with Crippen LogP contribution < -0.4 is 0 Å². The maximum absolute atomic E-state index is 5.61. The topological polar surface area (TPSA) is 25.6 Å². The number of ether oxygens (including phenoxy) is 1. The first-order valence-corrected chi connectivity index (χ1v) is 7.03. The van der Waals surface area contributed by atoms with Gasteiger partial charge in [0.25, 0.3) is 0 Å². The number of furan rings is 1. The highest BCUT2D eigenvalue weighted by atomic mass is 16.5. The molecular weight excluding hydrogens is 238 g/mol. The van der Waals surface area contributed by atoms with Crippen molar-refractivity contribution in [2.45, 2.75) is 19.4 Å². The Morgan fingerprint density at radius 1 is 1.37 bits per heavy atom. The van der Waals surface area contributed by atoms with E-state index in [4.69, 9.17) is 9.15 Å². The molecule has 0 spiro atoms. The van der Waals surface area contributed by atoms with Crippen molar-refractivity contribution >= 4 is 11.0 Å². The third-order valence-electron chi connectivity index (χ3n) is 3.96. The molecule has 0 radical (unpaired) electrons. The SMILES string of the molecule is COC[C@H]1CCCN(Cc2coc3ccccc23)C1. The third-order valence-corrected chi connectivity index (χ3v) is 3.96. The number of piperidine rings is 1. The van der Waals surface area contributed by atoms with E-state index in [1.54, 1.807) is 7.11 Å². The van der Waals surface area contributed by atoms with Crippen molar-refractivity contribution in [2.75, 3.05) is 26.8 Å². The first kappa shape index (κ1) is 12.7. The van der Waals surface area contributed by atoms with Crippen molar-refractivity contribution in [3.63, 3.8) is 0 Å². The van der Waals surface area contributed by atoms with Crippen LogP contribution in [0.15, 0.2) is 34.9 Å². The summed E-state index contributed by atoms with van der Waals surface area (Å²) in [4.78, 5) is 2.52. The molecule has 0 amide bonds. The summed E-state index contributed by atoms with van der Waals surface area (Å²) in [6, 6.07) is 8.27. The molecule has 3 rings (SSSR count). The Morgan fingerprint density at radius 3 is 3.16 bits per heavy atom. The van der Waals surface area contributed by atoms with E-state index in [0.29, 0.717) is 5.92 Å². The van der Waals surface area contributed by atoms with Gasteiger partial charge in [-0.05, 0) is 31.4 Å². The Balaban J connectivity index is 1.70. The molecule has 0 N–H and O–H groups in total. The molecule has 1 saturated heterocycles.